The summed E-state index contributed by atoms with van der Waals surface area (Å²) in [5.41, 5.74) is 1.75. The van der Waals surface area contributed by atoms with Gasteiger partial charge in [0.2, 0.25) is 0 Å². The minimum absolute atomic E-state index is 0.318. The predicted molar refractivity (Wildman–Crippen MR) is 74.3 cm³/mol. The zero-order chi connectivity index (χ0) is 12.7. The molecule has 0 saturated heterocycles. The Balaban J connectivity index is 2.87. The van der Waals surface area contributed by atoms with Crippen molar-refractivity contribution in [3.8, 4) is 0 Å². The molecule has 0 N–H and O–H groups in total. The molecule has 0 atom stereocenters. The quantitative estimate of drug-likeness (QED) is 0.648. The van der Waals surface area contributed by atoms with E-state index in [0.29, 0.717) is 5.41 Å². The lowest BCUT2D eigenvalue weighted by molar-refractivity contribution is 0.345. The van der Waals surface area contributed by atoms with Crippen molar-refractivity contribution in [3.05, 3.63) is 18.0 Å². The SMILES string of the molecule is CCCCC(C)(CCCC)c1ccnn1CC. The van der Waals surface area contributed by atoms with Crippen molar-refractivity contribution in [2.45, 2.75) is 78.2 Å². The Labute approximate surface area is 106 Å². The topological polar surface area (TPSA) is 17.8 Å². The van der Waals surface area contributed by atoms with Gasteiger partial charge in [0.1, 0.15) is 0 Å². The van der Waals surface area contributed by atoms with E-state index in [4.69, 9.17) is 0 Å². The Bertz CT molecular complexity index is 306. The van der Waals surface area contributed by atoms with Crippen LogP contribution < -0.4 is 0 Å². The molecule has 2 nitrogen and oxygen atoms in total. The Morgan fingerprint density at radius 2 is 1.71 bits per heavy atom. The van der Waals surface area contributed by atoms with Gasteiger partial charge in [-0.05, 0) is 25.8 Å². The maximum absolute atomic E-state index is 4.43. The molecule has 0 radical (unpaired) electrons. The smallest absolute Gasteiger partial charge is 0.0492 e. The van der Waals surface area contributed by atoms with Gasteiger partial charge in [0.15, 0.2) is 0 Å². The van der Waals surface area contributed by atoms with Crippen LogP contribution in [0.2, 0.25) is 0 Å². The fourth-order valence-corrected chi connectivity index (χ4v) is 2.61. The first-order chi connectivity index (χ1) is 8.18. The first kappa shape index (κ1) is 14.3. The Morgan fingerprint density at radius 1 is 1.12 bits per heavy atom. The second-order valence-corrected chi connectivity index (χ2v) is 5.30. The average Bonchev–Trinajstić information content (AvgIpc) is 2.82. The molecule has 0 unspecified atom stereocenters. The van der Waals surface area contributed by atoms with Crippen molar-refractivity contribution < 1.29 is 0 Å². The normalized spacial score (nSPS) is 12.0. The van der Waals surface area contributed by atoms with Crippen LogP contribution in [0.3, 0.4) is 0 Å². The largest absolute Gasteiger partial charge is 0.269 e. The lowest BCUT2D eigenvalue weighted by Gasteiger charge is -2.30. The van der Waals surface area contributed by atoms with Gasteiger partial charge in [0, 0.05) is 23.9 Å². The molecule has 2 heteroatoms. The molecule has 0 bridgehead atoms. The fourth-order valence-electron chi connectivity index (χ4n) is 2.61. The molecule has 1 heterocycles. The zero-order valence-corrected chi connectivity index (χ0v) is 12.0. The van der Waals surface area contributed by atoms with Gasteiger partial charge >= 0.3 is 0 Å². The third kappa shape index (κ3) is 3.58. The van der Waals surface area contributed by atoms with Gasteiger partial charge in [-0.1, -0.05) is 46.5 Å². The second-order valence-electron chi connectivity index (χ2n) is 5.30. The van der Waals surface area contributed by atoms with E-state index in [1.165, 1.54) is 44.2 Å². The lowest BCUT2D eigenvalue weighted by atomic mass is 9.77. The average molecular weight is 236 g/mol. The predicted octanol–water partition coefficient (Wildman–Crippen LogP) is 4.54. The summed E-state index contributed by atoms with van der Waals surface area (Å²) in [7, 11) is 0. The molecular formula is C15H28N2. The van der Waals surface area contributed by atoms with E-state index in [9.17, 15) is 0 Å². The first-order valence-corrected chi connectivity index (χ1v) is 7.20. The van der Waals surface area contributed by atoms with E-state index < -0.39 is 0 Å². The number of aromatic nitrogens is 2. The van der Waals surface area contributed by atoms with E-state index >= 15 is 0 Å². The van der Waals surface area contributed by atoms with Crippen LogP contribution in [-0.4, -0.2) is 9.78 Å². The summed E-state index contributed by atoms with van der Waals surface area (Å²) in [4.78, 5) is 0. The molecule has 98 valence electrons. The van der Waals surface area contributed by atoms with Crippen molar-refractivity contribution in [1.29, 1.82) is 0 Å². The van der Waals surface area contributed by atoms with Crippen LogP contribution in [0.4, 0.5) is 0 Å². The fraction of sp³-hybridized carbons (Fsp3) is 0.800. The summed E-state index contributed by atoms with van der Waals surface area (Å²) < 4.78 is 2.17. The van der Waals surface area contributed by atoms with Crippen molar-refractivity contribution in [3.63, 3.8) is 0 Å². The summed E-state index contributed by atoms with van der Waals surface area (Å²) in [6.45, 7) is 10.1. The highest BCUT2D eigenvalue weighted by Crippen LogP contribution is 2.34. The highest BCUT2D eigenvalue weighted by atomic mass is 15.3. The van der Waals surface area contributed by atoms with E-state index in [1.54, 1.807) is 0 Å². The van der Waals surface area contributed by atoms with E-state index in [2.05, 4.69) is 43.5 Å². The molecule has 1 aromatic rings. The summed E-state index contributed by atoms with van der Waals surface area (Å²) in [5, 5.41) is 4.43. The van der Waals surface area contributed by atoms with Crippen molar-refractivity contribution in [2.24, 2.45) is 0 Å². The molecule has 0 fully saturated rings. The number of nitrogens with zero attached hydrogens (tertiary/aromatic N) is 2. The highest BCUT2D eigenvalue weighted by Gasteiger charge is 2.28. The van der Waals surface area contributed by atoms with Crippen molar-refractivity contribution in [1.82, 2.24) is 9.78 Å². The van der Waals surface area contributed by atoms with Crippen LogP contribution in [0.15, 0.2) is 12.3 Å². The van der Waals surface area contributed by atoms with E-state index in [0.717, 1.165) is 6.54 Å². The highest BCUT2D eigenvalue weighted by molar-refractivity contribution is 5.15. The molecule has 17 heavy (non-hydrogen) atoms. The summed E-state index contributed by atoms with van der Waals surface area (Å²) in [5.74, 6) is 0. The van der Waals surface area contributed by atoms with Crippen molar-refractivity contribution in [2.75, 3.05) is 0 Å². The van der Waals surface area contributed by atoms with Crippen LogP contribution in [0.25, 0.3) is 0 Å². The van der Waals surface area contributed by atoms with Gasteiger partial charge < -0.3 is 0 Å². The number of hydrogen-bond donors (Lipinski definition) is 0. The molecule has 0 aliphatic carbocycles. The Hall–Kier alpha value is -0.790. The van der Waals surface area contributed by atoms with Gasteiger partial charge in [0.25, 0.3) is 0 Å². The number of aryl methyl sites for hydroxylation is 1. The Kier molecular flexibility index (Phi) is 5.73. The lowest BCUT2D eigenvalue weighted by Crippen LogP contribution is -2.26. The van der Waals surface area contributed by atoms with Crippen LogP contribution in [0.1, 0.15) is 71.9 Å². The summed E-state index contributed by atoms with van der Waals surface area (Å²) >= 11 is 0. The van der Waals surface area contributed by atoms with Gasteiger partial charge in [-0.2, -0.15) is 5.10 Å². The van der Waals surface area contributed by atoms with E-state index in [1.807, 2.05) is 6.20 Å². The molecule has 0 spiro atoms. The molecule has 1 rings (SSSR count). The van der Waals surface area contributed by atoms with Crippen LogP contribution in [0, 0.1) is 0 Å². The number of hydrogen-bond acceptors (Lipinski definition) is 1. The molecule has 0 aliphatic rings. The molecule has 0 amide bonds. The monoisotopic (exact) mass is 236 g/mol. The molecule has 0 saturated carbocycles. The molecular weight excluding hydrogens is 208 g/mol. The summed E-state index contributed by atoms with van der Waals surface area (Å²) in [6.07, 6.45) is 9.72. The van der Waals surface area contributed by atoms with Gasteiger partial charge in [-0.3, -0.25) is 4.68 Å². The summed E-state index contributed by atoms with van der Waals surface area (Å²) in [6, 6.07) is 2.22. The number of unbranched alkanes of at least 4 members (excludes halogenated alkanes) is 2. The Morgan fingerprint density at radius 3 is 2.18 bits per heavy atom. The van der Waals surface area contributed by atoms with Crippen molar-refractivity contribution >= 4 is 0 Å². The molecule has 0 aliphatic heterocycles. The van der Waals surface area contributed by atoms with Crippen LogP contribution in [0.5, 0.6) is 0 Å². The number of rotatable bonds is 8. The third-order valence-electron chi connectivity index (χ3n) is 3.80. The minimum atomic E-state index is 0.318. The molecule has 1 aromatic heterocycles. The second kappa shape index (κ2) is 6.83. The van der Waals surface area contributed by atoms with Crippen LogP contribution in [-0.2, 0) is 12.0 Å². The zero-order valence-electron chi connectivity index (χ0n) is 12.0. The maximum atomic E-state index is 4.43. The van der Waals surface area contributed by atoms with Gasteiger partial charge in [-0.15, -0.1) is 0 Å². The van der Waals surface area contributed by atoms with E-state index in [-0.39, 0.29) is 0 Å². The van der Waals surface area contributed by atoms with Gasteiger partial charge in [-0.25, -0.2) is 0 Å². The maximum Gasteiger partial charge on any atom is 0.0492 e. The van der Waals surface area contributed by atoms with Gasteiger partial charge in [0.05, 0.1) is 0 Å². The van der Waals surface area contributed by atoms with Crippen LogP contribution >= 0.6 is 0 Å². The first-order valence-electron chi connectivity index (χ1n) is 7.20. The third-order valence-corrected chi connectivity index (χ3v) is 3.80. The standard InChI is InChI=1S/C15H28N2/c1-5-8-11-15(4,12-9-6-2)14-10-13-16-17(14)7-3/h10,13H,5-9,11-12H2,1-4H3. The molecule has 0 aromatic carbocycles. The minimum Gasteiger partial charge on any atom is -0.269 e.